The third-order valence-corrected chi connectivity index (χ3v) is 2.69. The minimum Gasteiger partial charge on any atom is -0.380 e. The van der Waals surface area contributed by atoms with Crippen LogP contribution in [0.5, 0.6) is 0 Å². The quantitative estimate of drug-likeness (QED) is 0.538. The van der Waals surface area contributed by atoms with E-state index in [-0.39, 0.29) is 0 Å². The highest BCUT2D eigenvalue weighted by Crippen LogP contribution is 2.17. The number of nitrogens with one attached hydrogen (secondary N) is 2. The fourth-order valence-electron chi connectivity index (χ4n) is 1.69. The SMILES string of the molecule is CCOCCNC(=S)NC1CCCC1. The second-order valence-electron chi connectivity index (χ2n) is 3.58. The van der Waals surface area contributed by atoms with E-state index in [1.807, 2.05) is 6.92 Å². The Morgan fingerprint density at radius 1 is 1.43 bits per heavy atom. The lowest BCUT2D eigenvalue weighted by Crippen LogP contribution is -2.41. The molecule has 0 bridgehead atoms. The molecule has 0 aliphatic heterocycles. The fourth-order valence-corrected chi connectivity index (χ4v) is 1.96. The summed E-state index contributed by atoms with van der Waals surface area (Å²) in [5.74, 6) is 0. The smallest absolute Gasteiger partial charge is 0.166 e. The van der Waals surface area contributed by atoms with Crippen LogP contribution in [0.2, 0.25) is 0 Å². The topological polar surface area (TPSA) is 33.3 Å². The summed E-state index contributed by atoms with van der Waals surface area (Å²) in [5, 5.41) is 7.23. The standard InChI is InChI=1S/C10H20N2OS/c1-2-13-8-7-11-10(14)12-9-5-3-4-6-9/h9H,2-8H2,1H3,(H2,11,12,14). The molecule has 0 aromatic carbocycles. The highest BCUT2D eigenvalue weighted by atomic mass is 32.1. The van der Waals surface area contributed by atoms with Crippen molar-refractivity contribution in [3.8, 4) is 0 Å². The molecule has 1 saturated carbocycles. The summed E-state index contributed by atoms with van der Waals surface area (Å²) in [7, 11) is 0. The van der Waals surface area contributed by atoms with Crippen molar-refractivity contribution < 1.29 is 4.74 Å². The Kier molecular flexibility index (Phi) is 5.87. The van der Waals surface area contributed by atoms with Gasteiger partial charge in [0.1, 0.15) is 0 Å². The summed E-state index contributed by atoms with van der Waals surface area (Å²) >= 11 is 5.16. The molecule has 0 amide bonds. The monoisotopic (exact) mass is 216 g/mol. The van der Waals surface area contributed by atoms with E-state index in [0.29, 0.717) is 6.04 Å². The molecule has 3 nitrogen and oxygen atoms in total. The summed E-state index contributed by atoms with van der Waals surface area (Å²) in [5.41, 5.74) is 0. The van der Waals surface area contributed by atoms with Crippen LogP contribution in [0.25, 0.3) is 0 Å². The molecule has 0 radical (unpaired) electrons. The van der Waals surface area contributed by atoms with Gasteiger partial charge in [-0.1, -0.05) is 12.8 Å². The van der Waals surface area contributed by atoms with E-state index in [9.17, 15) is 0 Å². The molecule has 4 heteroatoms. The minimum absolute atomic E-state index is 0.599. The van der Waals surface area contributed by atoms with Gasteiger partial charge < -0.3 is 15.4 Å². The molecule has 0 heterocycles. The van der Waals surface area contributed by atoms with Crippen LogP contribution >= 0.6 is 12.2 Å². The molecule has 0 atom stereocenters. The van der Waals surface area contributed by atoms with Crippen molar-refractivity contribution in [2.24, 2.45) is 0 Å². The van der Waals surface area contributed by atoms with Crippen molar-refractivity contribution in [2.45, 2.75) is 38.6 Å². The van der Waals surface area contributed by atoms with Crippen molar-refractivity contribution in [1.29, 1.82) is 0 Å². The van der Waals surface area contributed by atoms with Crippen LogP contribution in [0.1, 0.15) is 32.6 Å². The van der Waals surface area contributed by atoms with Crippen LogP contribution in [0.3, 0.4) is 0 Å². The normalized spacial score (nSPS) is 16.9. The first-order valence-electron chi connectivity index (χ1n) is 5.45. The second kappa shape index (κ2) is 7.01. The molecule has 2 N–H and O–H groups in total. The largest absolute Gasteiger partial charge is 0.380 e. The maximum absolute atomic E-state index is 5.20. The van der Waals surface area contributed by atoms with Crippen LogP contribution < -0.4 is 10.6 Å². The van der Waals surface area contributed by atoms with Gasteiger partial charge in [0.15, 0.2) is 5.11 Å². The molecule has 0 spiro atoms. The molecule has 0 aromatic heterocycles. The van der Waals surface area contributed by atoms with Crippen LogP contribution in [-0.4, -0.2) is 30.9 Å². The van der Waals surface area contributed by atoms with E-state index >= 15 is 0 Å². The van der Waals surface area contributed by atoms with Gasteiger partial charge in [0.2, 0.25) is 0 Å². The predicted octanol–water partition coefficient (Wildman–Crippen LogP) is 1.43. The number of thiocarbonyl (C=S) groups is 1. The van der Waals surface area contributed by atoms with E-state index in [1.54, 1.807) is 0 Å². The van der Waals surface area contributed by atoms with Crippen molar-refractivity contribution in [3.05, 3.63) is 0 Å². The Bertz CT molecular complexity index is 170. The van der Waals surface area contributed by atoms with Crippen molar-refractivity contribution >= 4 is 17.3 Å². The summed E-state index contributed by atoms with van der Waals surface area (Å²) in [6, 6.07) is 0.599. The van der Waals surface area contributed by atoms with E-state index < -0.39 is 0 Å². The molecule has 0 aromatic rings. The zero-order chi connectivity index (χ0) is 10.2. The Morgan fingerprint density at radius 3 is 2.79 bits per heavy atom. The molecule has 1 aliphatic carbocycles. The van der Waals surface area contributed by atoms with Crippen molar-refractivity contribution in [1.82, 2.24) is 10.6 Å². The molecule has 0 unspecified atom stereocenters. The van der Waals surface area contributed by atoms with Crippen LogP contribution in [0.4, 0.5) is 0 Å². The average molecular weight is 216 g/mol. The molecule has 14 heavy (non-hydrogen) atoms. The molecule has 1 rings (SSSR count). The van der Waals surface area contributed by atoms with Gasteiger partial charge in [0.05, 0.1) is 6.61 Å². The number of ether oxygens (including phenoxy) is 1. The van der Waals surface area contributed by atoms with Gasteiger partial charge in [-0.2, -0.15) is 0 Å². The minimum atomic E-state index is 0.599. The van der Waals surface area contributed by atoms with Crippen LogP contribution in [0.15, 0.2) is 0 Å². The lowest BCUT2D eigenvalue weighted by Gasteiger charge is -2.15. The second-order valence-corrected chi connectivity index (χ2v) is 3.99. The van der Waals surface area contributed by atoms with Crippen molar-refractivity contribution in [2.75, 3.05) is 19.8 Å². The summed E-state index contributed by atoms with van der Waals surface area (Å²) < 4.78 is 5.20. The van der Waals surface area contributed by atoms with E-state index in [4.69, 9.17) is 17.0 Å². The Balaban J connectivity index is 1.98. The van der Waals surface area contributed by atoms with E-state index in [1.165, 1.54) is 25.7 Å². The Labute approximate surface area is 91.6 Å². The Morgan fingerprint density at radius 2 is 2.14 bits per heavy atom. The zero-order valence-corrected chi connectivity index (χ0v) is 9.66. The summed E-state index contributed by atoms with van der Waals surface area (Å²) in [4.78, 5) is 0. The van der Waals surface area contributed by atoms with Crippen molar-refractivity contribution in [3.63, 3.8) is 0 Å². The van der Waals surface area contributed by atoms with Gasteiger partial charge in [0, 0.05) is 19.2 Å². The van der Waals surface area contributed by atoms with Crippen LogP contribution in [0, 0.1) is 0 Å². The van der Waals surface area contributed by atoms with Gasteiger partial charge >= 0.3 is 0 Å². The van der Waals surface area contributed by atoms with Gasteiger partial charge in [-0.25, -0.2) is 0 Å². The first kappa shape index (κ1) is 11.7. The number of hydrogen-bond donors (Lipinski definition) is 2. The first-order chi connectivity index (χ1) is 6.83. The van der Waals surface area contributed by atoms with Gasteiger partial charge in [0.25, 0.3) is 0 Å². The molecule has 1 fully saturated rings. The van der Waals surface area contributed by atoms with E-state index in [0.717, 1.165) is 24.9 Å². The van der Waals surface area contributed by atoms with Gasteiger partial charge in [-0.15, -0.1) is 0 Å². The third kappa shape index (κ3) is 4.77. The maximum Gasteiger partial charge on any atom is 0.166 e. The molecular weight excluding hydrogens is 196 g/mol. The molecular formula is C10H20N2OS. The molecule has 82 valence electrons. The maximum atomic E-state index is 5.20. The fraction of sp³-hybridized carbons (Fsp3) is 0.900. The lowest BCUT2D eigenvalue weighted by atomic mass is 10.3. The number of rotatable bonds is 5. The highest BCUT2D eigenvalue weighted by Gasteiger charge is 2.14. The molecule has 1 aliphatic rings. The predicted molar refractivity (Wildman–Crippen MR) is 62.5 cm³/mol. The summed E-state index contributed by atoms with van der Waals surface area (Å²) in [6.07, 6.45) is 5.18. The highest BCUT2D eigenvalue weighted by molar-refractivity contribution is 7.80. The first-order valence-corrected chi connectivity index (χ1v) is 5.86. The summed E-state index contributed by atoms with van der Waals surface area (Å²) in [6.45, 7) is 4.29. The van der Waals surface area contributed by atoms with Crippen LogP contribution in [-0.2, 0) is 4.74 Å². The zero-order valence-electron chi connectivity index (χ0n) is 8.84. The average Bonchev–Trinajstić information content (AvgIpc) is 2.65. The Hall–Kier alpha value is -0.350. The van der Waals surface area contributed by atoms with Gasteiger partial charge in [-0.3, -0.25) is 0 Å². The molecule has 0 saturated heterocycles. The number of hydrogen-bond acceptors (Lipinski definition) is 2. The van der Waals surface area contributed by atoms with E-state index in [2.05, 4.69) is 10.6 Å². The lowest BCUT2D eigenvalue weighted by molar-refractivity contribution is 0.152. The van der Waals surface area contributed by atoms with Gasteiger partial charge in [-0.05, 0) is 32.0 Å². The third-order valence-electron chi connectivity index (χ3n) is 2.43.